The van der Waals surface area contributed by atoms with Crippen LogP contribution in [-0.4, -0.2) is 35.7 Å². The standard InChI is InChI=1S/C18H20N4O2/c1-22(18(23)21-13-2-3-13)15-4-5-17-16(9-15)12(6-7-24-17)8-14-10-19-11-20-14/h4-5,8-11,13H,2-3,6-7H2,1H3,(H,19,20)(H,21,23)/b12-8+. The third kappa shape index (κ3) is 2.99. The van der Waals surface area contributed by atoms with E-state index in [1.807, 2.05) is 24.4 Å². The highest BCUT2D eigenvalue weighted by molar-refractivity contribution is 5.93. The maximum atomic E-state index is 12.3. The second kappa shape index (κ2) is 6.03. The van der Waals surface area contributed by atoms with Crippen LogP contribution in [0.1, 0.15) is 30.5 Å². The van der Waals surface area contributed by atoms with Gasteiger partial charge in [-0.15, -0.1) is 0 Å². The van der Waals surface area contributed by atoms with Crippen molar-refractivity contribution in [3.05, 3.63) is 42.0 Å². The molecule has 24 heavy (non-hydrogen) atoms. The zero-order valence-corrected chi connectivity index (χ0v) is 13.6. The van der Waals surface area contributed by atoms with Gasteiger partial charge in [-0.25, -0.2) is 9.78 Å². The largest absolute Gasteiger partial charge is 0.493 e. The lowest BCUT2D eigenvalue weighted by atomic mass is 9.98. The Hall–Kier alpha value is -2.76. The number of aromatic amines is 1. The molecule has 1 saturated carbocycles. The number of fused-ring (bicyclic) bond motifs is 1. The lowest BCUT2D eigenvalue weighted by Gasteiger charge is -2.24. The van der Waals surface area contributed by atoms with Gasteiger partial charge in [-0.2, -0.15) is 0 Å². The molecule has 1 aliphatic heterocycles. The van der Waals surface area contributed by atoms with Gasteiger partial charge in [0.05, 0.1) is 18.6 Å². The molecule has 2 amide bonds. The van der Waals surface area contributed by atoms with Crippen LogP contribution in [0.4, 0.5) is 10.5 Å². The highest BCUT2D eigenvalue weighted by Gasteiger charge is 2.25. The van der Waals surface area contributed by atoms with Crippen molar-refractivity contribution in [3.63, 3.8) is 0 Å². The molecule has 1 aromatic carbocycles. The fourth-order valence-corrected chi connectivity index (χ4v) is 2.80. The van der Waals surface area contributed by atoms with Crippen LogP contribution in [0, 0.1) is 0 Å². The van der Waals surface area contributed by atoms with E-state index in [1.165, 1.54) is 5.57 Å². The van der Waals surface area contributed by atoms with Crippen LogP contribution in [0.2, 0.25) is 0 Å². The number of hydrogen-bond acceptors (Lipinski definition) is 3. The maximum Gasteiger partial charge on any atom is 0.321 e. The number of H-pyrrole nitrogens is 1. The first-order valence-corrected chi connectivity index (χ1v) is 8.21. The van der Waals surface area contributed by atoms with Crippen LogP contribution < -0.4 is 15.0 Å². The summed E-state index contributed by atoms with van der Waals surface area (Å²) in [5.41, 5.74) is 3.93. The predicted molar refractivity (Wildman–Crippen MR) is 93.0 cm³/mol. The second-order valence-corrected chi connectivity index (χ2v) is 6.23. The fraction of sp³-hybridized carbons (Fsp3) is 0.333. The SMILES string of the molecule is CN(C(=O)NC1CC1)c1ccc2c(c1)/C(=C/c1c[nH]cn1)CCO2. The molecule has 6 nitrogen and oxygen atoms in total. The average Bonchev–Trinajstić information content (AvgIpc) is 3.26. The number of anilines is 1. The van der Waals surface area contributed by atoms with Crippen LogP contribution in [0.3, 0.4) is 0 Å². The van der Waals surface area contributed by atoms with E-state index in [1.54, 1.807) is 18.3 Å². The minimum Gasteiger partial charge on any atom is -0.493 e. The summed E-state index contributed by atoms with van der Waals surface area (Å²) in [6.45, 7) is 0.653. The van der Waals surface area contributed by atoms with E-state index >= 15 is 0 Å². The molecule has 0 unspecified atom stereocenters. The topological polar surface area (TPSA) is 70.2 Å². The van der Waals surface area contributed by atoms with E-state index < -0.39 is 0 Å². The van der Waals surface area contributed by atoms with Gasteiger partial charge in [0.1, 0.15) is 5.75 Å². The Kier molecular flexibility index (Phi) is 3.72. The number of aromatic nitrogens is 2. The Morgan fingerprint density at radius 3 is 3.08 bits per heavy atom. The number of imidazole rings is 1. The summed E-state index contributed by atoms with van der Waals surface area (Å²) >= 11 is 0. The number of ether oxygens (including phenoxy) is 1. The predicted octanol–water partition coefficient (Wildman–Crippen LogP) is 3.04. The van der Waals surface area contributed by atoms with E-state index in [0.29, 0.717) is 12.6 Å². The molecule has 124 valence electrons. The van der Waals surface area contributed by atoms with E-state index in [4.69, 9.17) is 4.74 Å². The Bertz CT molecular complexity index is 778. The normalized spacial score (nSPS) is 18.0. The van der Waals surface area contributed by atoms with Gasteiger partial charge in [-0.05, 0) is 42.7 Å². The van der Waals surface area contributed by atoms with Crippen molar-refractivity contribution in [2.75, 3.05) is 18.6 Å². The molecule has 1 fully saturated rings. The van der Waals surface area contributed by atoms with Crippen LogP contribution in [0.25, 0.3) is 11.6 Å². The second-order valence-electron chi connectivity index (χ2n) is 6.23. The van der Waals surface area contributed by atoms with Crippen molar-refractivity contribution in [1.82, 2.24) is 15.3 Å². The number of carbonyl (C=O) groups excluding carboxylic acids is 1. The first-order valence-electron chi connectivity index (χ1n) is 8.21. The molecule has 2 aliphatic rings. The molecule has 0 atom stereocenters. The number of rotatable bonds is 3. The van der Waals surface area contributed by atoms with E-state index in [0.717, 1.165) is 42.0 Å². The quantitative estimate of drug-likeness (QED) is 0.911. The number of nitrogens with zero attached hydrogens (tertiary/aromatic N) is 2. The van der Waals surface area contributed by atoms with Gasteiger partial charge >= 0.3 is 6.03 Å². The summed E-state index contributed by atoms with van der Waals surface area (Å²) in [7, 11) is 1.79. The summed E-state index contributed by atoms with van der Waals surface area (Å²) in [5, 5.41) is 3.01. The Labute approximate surface area is 140 Å². The molecule has 0 spiro atoms. The van der Waals surface area contributed by atoms with Gasteiger partial charge in [-0.3, -0.25) is 4.90 Å². The number of amides is 2. The van der Waals surface area contributed by atoms with E-state index in [-0.39, 0.29) is 6.03 Å². The molecule has 2 heterocycles. The third-order valence-electron chi connectivity index (χ3n) is 4.38. The van der Waals surface area contributed by atoms with Gasteiger partial charge in [-0.1, -0.05) is 0 Å². The van der Waals surface area contributed by atoms with Gasteiger partial charge < -0.3 is 15.0 Å². The molecule has 0 radical (unpaired) electrons. The summed E-state index contributed by atoms with van der Waals surface area (Å²) in [6.07, 6.45) is 8.57. The first-order chi connectivity index (χ1) is 11.7. The number of benzene rings is 1. The molecule has 0 bridgehead atoms. The molecule has 6 heteroatoms. The monoisotopic (exact) mass is 324 g/mol. The smallest absolute Gasteiger partial charge is 0.321 e. The minimum absolute atomic E-state index is 0.0630. The molecule has 4 rings (SSSR count). The maximum absolute atomic E-state index is 12.3. The fourth-order valence-electron chi connectivity index (χ4n) is 2.80. The summed E-state index contributed by atoms with van der Waals surface area (Å²) in [6, 6.07) is 6.15. The molecule has 2 aromatic rings. The molecule has 2 N–H and O–H groups in total. The van der Waals surface area contributed by atoms with Gasteiger partial charge in [0, 0.05) is 37.0 Å². The lowest BCUT2D eigenvalue weighted by molar-refractivity contribution is 0.247. The van der Waals surface area contributed by atoms with Crippen molar-refractivity contribution in [1.29, 1.82) is 0 Å². The first kappa shape index (κ1) is 14.8. The summed E-state index contributed by atoms with van der Waals surface area (Å²) in [4.78, 5) is 21.1. The zero-order chi connectivity index (χ0) is 16.5. The van der Waals surface area contributed by atoms with Crippen LogP contribution in [0.5, 0.6) is 5.75 Å². The van der Waals surface area contributed by atoms with E-state index in [9.17, 15) is 4.79 Å². The van der Waals surface area contributed by atoms with Gasteiger partial charge in [0.15, 0.2) is 0 Å². The Balaban J connectivity index is 1.63. The van der Waals surface area contributed by atoms with Crippen molar-refractivity contribution < 1.29 is 9.53 Å². The zero-order valence-electron chi connectivity index (χ0n) is 13.6. The van der Waals surface area contributed by atoms with Crippen molar-refractivity contribution in [3.8, 4) is 5.75 Å². The highest BCUT2D eigenvalue weighted by Crippen LogP contribution is 2.36. The average molecular weight is 324 g/mol. The van der Waals surface area contributed by atoms with Crippen molar-refractivity contribution in [2.24, 2.45) is 0 Å². The van der Waals surface area contributed by atoms with Crippen LogP contribution in [-0.2, 0) is 0 Å². The molecule has 1 aromatic heterocycles. The van der Waals surface area contributed by atoms with Gasteiger partial charge in [0.2, 0.25) is 0 Å². The molecule has 1 aliphatic carbocycles. The summed E-state index contributed by atoms with van der Waals surface area (Å²) < 4.78 is 5.75. The molecule has 0 saturated heterocycles. The Morgan fingerprint density at radius 2 is 2.33 bits per heavy atom. The highest BCUT2D eigenvalue weighted by atomic mass is 16.5. The minimum atomic E-state index is -0.0630. The van der Waals surface area contributed by atoms with Crippen LogP contribution in [0.15, 0.2) is 30.7 Å². The molecular weight excluding hydrogens is 304 g/mol. The number of nitrogens with one attached hydrogen (secondary N) is 2. The third-order valence-corrected chi connectivity index (χ3v) is 4.38. The number of urea groups is 1. The lowest BCUT2D eigenvalue weighted by Crippen LogP contribution is -2.38. The molecular formula is C18H20N4O2. The van der Waals surface area contributed by atoms with E-state index in [2.05, 4.69) is 21.4 Å². The Morgan fingerprint density at radius 1 is 1.46 bits per heavy atom. The van der Waals surface area contributed by atoms with Gasteiger partial charge in [0.25, 0.3) is 0 Å². The van der Waals surface area contributed by atoms with Crippen molar-refractivity contribution in [2.45, 2.75) is 25.3 Å². The number of hydrogen-bond donors (Lipinski definition) is 2. The summed E-state index contributed by atoms with van der Waals surface area (Å²) in [5.74, 6) is 0.850. The van der Waals surface area contributed by atoms with Crippen molar-refractivity contribution >= 4 is 23.4 Å². The van der Waals surface area contributed by atoms with Crippen LogP contribution >= 0.6 is 0 Å². The number of carbonyl (C=O) groups is 1.